The molecule has 3 heterocycles. The highest BCUT2D eigenvalue weighted by atomic mass is 35.5. The van der Waals surface area contributed by atoms with Gasteiger partial charge in [-0.05, 0) is 56.1 Å². The lowest BCUT2D eigenvalue weighted by atomic mass is 9.97. The van der Waals surface area contributed by atoms with Crippen LogP contribution >= 0.6 is 22.9 Å². The fourth-order valence-corrected chi connectivity index (χ4v) is 5.40. The number of carbonyl (C=O) groups excluding carboxylic acids is 2. The van der Waals surface area contributed by atoms with E-state index in [0.717, 1.165) is 29.7 Å². The second-order valence-electron chi connectivity index (χ2n) is 6.71. The standard InChI is InChI=1S/C18H19ClN4O2S/c1-23-11-6-7-12(23)14-13(8-11)26-17(15(14)16(20)24)22-18(25)21-10-4-2-9(19)3-5-10/h2-5,11-12H,6-8H2,1H3,(H2,20,24)(H2,21,22,25). The van der Waals surface area contributed by atoms with Crippen LogP contribution in [-0.2, 0) is 6.42 Å². The number of carbonyl (C=O) groups is 2. The topological polar surface area (TPSA) is 87.5 Å². The molecule has 2 aromatic rings. The maximum Gasteiger partial charge on any atom is 0.324 e. The molecule has 26 heavy (non-hydrogen) atoms. The van der Waals surface area contributed by atoms with E-state index in [4.69, 9.17) is 17.3 Å². The SMILES string of the molecule is CN1C2CCC1c1c(sc(NC(=O)Nc3ccc(Cl)cc3)c1C(N)=O)C2. The van der Waals surface area contributed by atoms with Gasteiger partial charge in [-0.25, -0.2) is 4.79 Å². The zero-order chi connectivity index (χ0) is 18.4. The highest BCUT2D eigenvalue weighted by molar-refractivity contribution is 7.17. The van der Waals surface area contributed by atoms with Crippen LogP contribution in [-0.4, -0.2) is 29.9 Å². The van der Waals surface area contributed by atoms with Gasteiger partial charge in [0.15, 0.2) is 0 Å². The number of fused-ring (bicyclic) bond motifs is 4. The summed E-state index contributed by atoms with van der Waals surface area (Å²) in [5.41, 5.74) is 7.74. The molecule has 0 spiro atoms. The van der Waals surface area contributed by atoms with Gasteiger partial charge in [-0.1, -0.05) is 11.6 Å². The lowest BCUT2D eigenvalue weighted by molar-refractivity contribution is 0.0997. The third-order valence-electron chi connectivity index (χ3n) is 5.19. The molecule has 2 atom stereocenters. The molecule has 0 saturated carbocycles. The summed E-state index contributed by atoms with van der Waals surface area (Å²) in [6.07, 6.45) is 3.04. The fraction of sp³-hybridized carbons (Fsp3) is 0.333. The van der Waals surface area contributed by atoms with Gasteiger partial charge >= 0.3 is 6.03 Å². The molecule has 3 amide bonds. The highest BCUT2D eigenvalue weighted by Gasteiger charge is 2.42. The molecule has 2 aliphatic heterocycles. The first-order chi connectivity index (χ1) is 12.4. The Bertz CT molecular complexity index is 880. The smallest absolute Gasteiger partial charge is 0.324 e. The van der Waals surface area contributed by atoms with Gasteiger partial charge in [-0.2, -0.15) is 0 Å². The summed E-state index contributed by atoms with van der Waals surface area (Å²) in [5.74, 6) is -0.497. The van der Waals surface area contributed by atoms with Crippen LogP contribution in [0, 0.1) is 0 Å². The minimum Gasteiger partial charge on any atom is -0.365 e. The number of likely N-dealkylation sites (N-methyl/N-ethyl adjacent to an activating group) is 1. The number of amides is 3. The summed E-state index contributed by atoms with van der Waals surface area (Å²) in [7, 11) is 2.09. The summed E-state index contributed by atoms with van der Waals surface area (Å²) in [6.45, 7) is 0. The van der Waals surface area contributed by atoms with Crippen molar-refractivity contribution in [1.82, 2.24) is 4.90 Å². The van der Waals surface area contributed by atoms with Gasteiger partial charge in [0.05, 0.1) is 5.56 Å². The molecule has 8 heteroatoms. The summed E-state index contributed by atoms with van der Waals surface area (Å²) in [5, 5.41) is 6.66. The zero-order valence-electron chi connectivity index (χ0n) is 14.2. The van der Waals surface area contributed by atoms with Gasteiger partial charge in [0.2, 0.25) is 0 Å². The normalized spacial score (nSPS) is 21.3. The number of hydrogen-bond acceptors (Lipinski definition) is 4. The minimum absolute atomic E-state index is 0.206. The quantitative estimate of drug-likeness (QED) is 0.744. The molecule has 2 unspecified atom stereocenters. The Labute approximate surface area is 160 Å². The van der Waals surface area contributed by atoms with E-state index in [0.29, 0.717) is 27.3 Å². The minimum atomic E-state index is -0.497. The summed E-state index contributed by atoms with van der Waals surface area (Å²) in [4.78, 5) is 28.0. The van der Waals surface area contributed by atoms with Crippen molar-refractivity contribution in [3.05, 3.63) is 45.3 Å². The molecule has 136 valence electrons. The average Bonchev–Trinajstić information content (AvgIpc) is 3.05. The summed E-state index contributed by atoms with van der Waals surface area (Å²) >= 11 is 7.31. The Hall–Kier alpha value is -2.09. The van der Waals surface area contributed by atoms with Gasteiger partial charge in [-0.15, -0.1) is 11.3 Å². The number of rotatable bonds is 3. The molecule has 1 saturated heterocycles. The Balaban J connectivity index is 1.60. The number of nitrogens with two attached hydrogens (primary N) is 1. The highest BCUT2D eigenvalue weighted by Crippen LogP contribution is 2.49. The second kappa shape index (κ2) is 6.57. The Morgan fingerprint density at radius 3 is 2.65 bits per heavy atom. The number of halogens is 1. The molecule has 4 N–H and O–H groups in total. The van der Waals surface area contributed by atoms with Crippen molar-refractivity contribution < 1.29 is 9.59 Å². The first-order valence-corrected chi connectivity index (χ1v) is 9.64. The van der Waals surface area contributed by atoms with Crippen molar-refractivity contribution in [1.29, 1.82) is 0 Å². The van der Waals surface area contributed by atoms with E-state index in [2.05, 4.69) is 22.6 Å². The molecule has 0 radical (unpaired) electrons. The van der Waals surface area contributed by atoms with Crippen molar-refractivity contribution in [2.24, 2.45) is 5.73 Å². The van der Waals surface area contributed by atoms with Gasteiger partial charge < -0.3 is 11.1 Å². The third-order valence-corrected chi connectivity index (χ3v) is 6.59. The number of hydrogen-bond donors (Lipinski definition) is 3. The predicted octanol–water partition coefficient (Wildman–Crippen LogP) is 3.84. The molecular weight excluding hydrogens is 372 g/mol. The fourth-order valence-electron chi connectivity index (χ4n) is 3.95. The summed E-state index contributed by atoms with van der Waals surface area (Å²) < 4.78 is 0. The number of thiophene rings is 1. The van der Waals surface area contributed by atoms with Gasteiger partial charge in [0.25, 0.3) is 5.91 Å². The van der Waals surface area contributed by atoms with E-state index in [9.17, 15) is 9.59 Å². The van der Waals surface area contributed by atoms with Crippen molar-refractivity contribution >= 4 is 45.6 Å². The predicted molar refractivity (Wildman–Crippen MR) is 104 cm³/mol. The van der Waals surface area contributed by atoms with Crippen LogP contribution in [0.25, 0.3) is 0 Å². The summed E-state index contributed by atoms with van der Waals surface area (Å²) in [6, 6.07) is 7.12. The van der Waals surface area contributed by atoms with Gasteiger partial charge in [0, 0.05) is 27.7 Å². The Kier molecular flexibility index (Phi) is 4.38. The van der Waals surface area contributed by atoms with Crippen LogP contribution < -0.4 is 16.4 Å². The molecule has 1 aromatic heterocycles. The molecule has 0 aliphatic carbocycles. The molecule has 2 aliphatic rings. The Morgan fingerprint density at radius 2 is 1.96 bits per heavy atom. The number of primary amides is 1. The van der Waals surface area contributed by atoms with E-state index in [1.807, 2.05) is 0 Å². The molecule has 6 nitrogen and oxygen atoms in total. The third kappa shape index (κ3) is 2.96. The van der Waals surface area contributed by atoms with Crippen LogP contribution in [0.15, 0.2) is 24.3 Å². The number of anilines is 2. The first-order valence-electron chi connectivity index (χ1n) is 8.45. The number of nitrogens with one attached hydrogen (secondary N) is 2. The zero-order valence-corrected chi connectivity index (χ0v) is 15.8. The van der Waals surface area contributed by atoms with E-state index >= 15 is 0 Å². The molecule has 4 rings (SSSR count). The number of benzene rings is 1. The Morgan fingerprint density at radius 1 is 1.23 bits per heavy atom. The molecule has 1 aromatic carbocycles. The monoisotopic (exact) mass is 390 g/mol. The van der Waals surface area contributed by atoms with Crippen LogP contribution in [0.2, 0.25) is 5.02 Å². The van der Waals surface area contributed by atoms with Gasteiger partial charge in [0.1, 0.15) is 5.00 Å². The van der Waals surface area contributed by atoms with Crippen molar-refractivity contribution in [3.63, 3.8) is 0 Å². The number of nitrogens with zero attached hydrogens (tertiary/aromatic N) is 1. The van der Waals surface area contributed by atoms with Crippen molar-refractivity contribution in [3.8, 4) is 0 Å². The van der Waals surface area contributed by atoms with Crippen molar-refractivity contribution in [2.75, 3.05) is 17.7 Å². The molecule has 1 fully saturated rings. The van der Waals surface area contributed by atoms with Crippen molar-refractivity contribution in [2.45, 2.75) is 31.3 Å². The maximum atomic E-state index is 12.4. The first kappa shape index (κ1) is 17.3. The average molecular weight is 391 g/mol. The number of urea groups is 1. The second-order valence-corrected chi connectivity index (χ2v) is 8.25. The lowest BCUT2D eigenvalue weighted by Gasteiger charge is -2.31. The van der Waals surface area contributed by atoms with Crippen LogP contribution in [0.3, 0.4) is 0 Å². The van der Waals surface area contributed by atoms with Crippen LogP contribution in [0.1, 0.15) is 39.7 Å². The largest absolute Gasteiger partial charge is 0.365 e. The van der Waals surface area contributed by atoms with E-state index in [1.54, 1.807) is 24.3 Å². The van der Waals surface area contributed by atoms with Crippen LogP contribution in [0.5, 0.6) is 0 Å². The van der Waals surface area contributed by atoms with E-state index in [-0.39, 0.29) is 6.04 Å². The molecule has 2 bridgehead atoms. The van der Waals surface area contributed by atoms with E-state index in [1.165, 1.54) is 11.3 Å². The lowest BCUT2D eigenvalue weighted by Crippen LogP contribution is -2.34. The van der Waals surface area contributed by atoms with E-state index < -0.39 is 11.9 Å². The molecular formula is C18H19ClN4O2S. The van der Waals surface area contributed by atoms with Gasteiger partial charge in [-0.3, -0.25) is 15.0 Å². The van der Waals surface area contributed by atoms with Crippen LogP contribution in [0.4, 0.5) is 15.5 Å². The maximum absolute atomic E-state index is 12.4.